The van der Waals surface area contributed by atoms with Crippen molar-refractivity contribution < 1.29 is 23.1 Å². The maximum atomic E-state index is 13.0. The number of carbonyl (C=O) groups excluding carboxylic acids is 2. The number of Topliss-reactive ketones (excluding diaryl/α,β-unsaturated/α-hetero) is 1. The first-order valence-electron chi connectivity index (χ1n) is 5.59. The van der Waals surface area contributed by atoms with Crippen LogP contribution in [-0.4, -0.2) is 30.9 Å². The van der Waals surface area contributed by atoms with Crippen molar-refractivity contribution in [2.45, 2.75) is 19.4 Å². The van der Waals surface area contributed by atoms with E-state index >= 15 is 0 Å². The van der Waals surface area contributed by atoms with Crippen molar-refractivity contribution >= 4 is 11.8 Å². The van der Waals surface area contributed by atoms with Crippen molar-refractivity contribution in [2.75, 3.05) is 13.7 Å². The fraction of sp³-hybridized carbons (Fsp3) is 0.385. The fourth-order valence-corrected chi connectivity index (χ4v) is 1.45. The van der Waals surface area contributed by atoms with E-state index < -0.39 is 28.9 Å². The van der Waals surface area contributed by atoms with Gasteiger partial charge in [0.1, 0.15) is 17.2 Å². The van der Waals surface area contributed by atoms with E-state index in [4.69, 9.17) is 0 Å². The lowest BCUT2D eigenvalue weighted by Crippen LogP contribution is -2.49. The molecule has 6 heteroatoms. The Morgan fingerprint density at radius 2 is 1.74 bits per heavy atom. The summed E-state index contributed by atoms with van der Waals surface area (Å²) in [5.74, 6) is -2.70. The summed E-state index contributed by atoms with van der Waals surface area (Å²) in [7, 11) is 1.23. The maximum absolute atomic E-state index is 13.0. The van der Waals surface area contributed by atoms with E-state index in [9.17, 15) is 18.4 Å². The maximum Gasteiger partial charge on any atom is 0.325 e. The molecular weight excluding hydrogens is 256 g/mol. The Morgan fingerprint density at radius 3 is 2.21 bits per heavy atom. The lowest BCUT2D eigenvalue weighted by Gasteiger charge is -2.22. The Balaban J connectivity index is 2.73. The van der Waals surface area contributed by atoms with Gasteiger partial charge in [-0.05, 0) is 26.0 Å². The molecule has 0 saturated heterocycles. The normalized spacial score (nSPS) is 11.2. The molecule has 0 aliphatic rings. The Bertz CT molecular complexity index is 480. The highest BCUT2D eigenvalue weighted by Crippen LogP contribution is 2.10. The Kier molecular flexibility index (Phi) is 4.72. The summed E-state index contributed by atoms with van der Waals surface area (Å²) in [4.78, 5) is 23.1. The van der Waals surface area contributed by atoms with Gasteiger partial charge in [-0.15, -0.1) is 0 Å². The lowest BCUT2D eigenvalue weighted by molar-refractivity contribution is -0.147. The van der Waals surface area contributed by atoms with Crippen LogP contribution in [0.2, 0.25) is 0 Å². The number of ether oxygens (including phenoxy) is 1. The average molecular weight is 271 g/mol. The molecule has 104 valence electrons. The van der Waals surface area contributed by atoms with Gasteiger partial charge in [0.25, 0.3) is 0 Å². The zero-order valence-electron chi connectivity index (χ0n) is 10.9. The molecule has 1 rings (SSSR count). The summed E-state index contributed by atoms with van der Waals surface area (Å²) >= 11 is 0. The summed E-state index contributed by atoms with van der Waals surface area (Å²) < 4.78 is 30.5. The number of halogens is 2. The van der Waals surface area contributed by atoms with Crippen LogP contribution >= 0.6 is 0 Å². The van der Waals surface area contributed by atoms with Crippen molar-refractivity contribution in [3.05, 3.63) is 35.4 Å². The van der Waals surface area contributed by atoms with Crippen LogP contribution in [0.5, 0.6) is 0 Å². The van der Waals surface area contributed by atoms with Gasteiger partial charge in [0.05, 0.1) is 13.7 Å². The largest absolute Gasteiger partial charge is 0.468 e. The first-order valence-corrected chi connectivity index (χ1v) is 5.59. The molecule has 0 heterocycles. The Labute approximate surface area is 109 Å². The molecule has 0 fully saturated rings. The van der Waals surface area contributed by atoms with Gasteiger partial charge in [-0.1, -0.05) is 0 Å². The third-order valence-corrected chi connectivity index (χ3v) is 2.57. The van der Waals surface area contributed by atoms with Crippen LogP contribution in [0.4, 0.5) is 8.78 Å². The molecule has 1 N–H and O–H groups in total. The molecule has 0 unspecified atom stereocenters. The zero-order valence-corrected chi connectivity index (χ0v) is 10.9. The fourth-order valence-electron chi connectivity index (χ4n) is 1.45. The van der Waals surface area contributed by atoms with Crippen molar-refractivity contribution in [2.24, 2.45) is 0 Å². The van der Waals surface area contributed by atoms with Gasteiger partial charge in [0.15, 0.2) is 5.78 Å². The third kappa shape index (κ3) is 4.10. The van der Waals surface area contributed by atoms with Gasteiger partial charge in [0.2, 0.25) is 0 Å². The number of ketones is 1. The molecule has 0 radical (unpaired) electrons. The smallest absolute Gasteiger partial charge is 0.325 e. The van der Waals surface area contributed by atoms with Gasteiger partial charge in [0, 0.05) is 11.6 Å². The van der Waals surface area contributed by atoms with Crippen molar-refractivity contribution in [3.8, 4) is 0 Å². The predicted molar refractivity (Wildman–Crippen MR) is 64.8 cm³/mol. The molecular formula is C13H15F2NO3. The highest BCUT2D eigenvalue weighted by Gasteiger charge is 2.28. The zero-order chi connectivity index (χ0) is 14.6. The van der Waals surface area contributed by atoms with Crippen LogP contribution in [0.15, 0.2) is 18.2 Å². The SMILES string of the molecule is COC(=O)C(C)(C)NCC(=O)c1cc(F)cc(F)c1. The van der Waals surface area contributed by atoms with E-state index in [1.54, 1.807) is 0 Å². The lowest BCUT2D eigenvalue weighted by atomic mass is 10.0. The molecule has 0 saturated carbocycles. The van der Waals surface area contributed by atoms with E-state index in [1.807, 2.05) is 0 Å². The molecule has 1 aromatic rings. The molecule has 0 bridgehead atoms. The Morgan fingerprint density at radius 1 is 1.21 bits per heavy atom. The standard InChI is InChI=1S/C13H15F2NO3/c1-13(2,12(18)19-3)16-7-11(17)8-4-9(14)6-10(15)5-8/h4-6,16H,7H2,1-3H3. The molecule has 0 aromatic heterocycles. The Hall–Kier alpha value is -1.82. The first-order chi connectivity index (χ1) is 8.76. The second-order valence-electron chi connectivity index (χ2n) is 4.55. The van der Waals surface area contributed by atoms with Crippen molar-refractivity contribution in [1.82, 2.24) is 5.32 Å². The number of methoxy groups -OCH3 is 1. The van der Waals surface area contributed by atoms with E-state index in [0.717, 1.165) is 12.1 Å². The molecule has 0 aliphatic carbocycles. The van der Waals surface area contributed by atoms with Gasteiger partial charge in [-0.2, -0.15) is 0 Å². The van der Waals surface area contributed by atoms with Crippen LogP contribution in [0.25, 0.3) is 0 Å². The second-order valence-corrected chi connectivity index (χ2v) is 4.55. The summed E-state index contributed by atoms with van der Waals surface area (Å²) in [6, 6.07) is 2.57. The highest BCUT2D eigenvalue weighted by molar-refractivity contribution is 5.98. The number of esters is 1. The van der Waals surface area contributed by atoms with Crippen LogP contribution in [-0.2, 0) is 9.53 Å². The van der Waals surface area contributed by atoms with E-state index in [-0.39, 0.29) is 12.1 Å². The molecule has 19 heavy (non-hydrogen) atoms. The first kappa shape index (κ1) is 15.2. The topological polar surface area (TPSA) is 55.4 Å². The monoisotopic (exact) mass is 271 g/mol. The predicted octanol–water partition coefficient (Wildman–Crippen LogP) is 1.69. The second kappa shape index (κ2) is 5.88. The molecule has 0 atom stereocenters. The quantitative estimate of drug-likeness (QED) is 0.654. The number of benzene rings is 1. The van der Waals surface area contributed by atoms with Crippen LogP contribution in [0.1, 0.15) is 24.2 Å². The minimum atomic E-state index is -1.06. The molecule has 0 spiro atoms. The number of hydrogen-bond donors (Lipinski definition) is 1. The number of rotatable bonds is 5. The number of carbonyl (C=O) groups is 2. The minimum absolute atomic E-state index is 0.0920. The van der Waals surface area contributed by atoms with E-state index in [2.05, 4.69) is 10.1 Å². The van der Waals surface area contributed by atoms with Gasteiger partial charge >= 0.3 is 5.97 Å². The van der Waals surface area contributed by atoms with Gasteiger partial charge in [-0.25, -0.2) is 8.78 Å². The highest BCUT2D eigenvalue weighted by atomic mass is 19.1. The van der Waals surface area contributed by atoms with E-state index in [0.29, 0.717) is 6.07 Å². The van der Waals surface area contributed by atoms with Crippen molar-refractivity contribution in [3.63, 3.8) is 0 Å². The van der Waals surface area contributed by atoms with E-state index in [1.165, 1.54) is 21.0 Å². The van der Waals surface area contributed by atoms with Crippen LogP contribution in [0.3, 0.4) is 0 Å². The summed E-state index contributed by atoms with van der Waals surface area (Å²) in [5, 5.41) is 2.68. The van der Waals surface area contributed by atoms with Gasteiger partial charge < -0.3 is 4.74 Å². The molecule has 4 nitrogen and oxygen atoms in total. The molecule has 1 aromatic carbocycles. The summed E-state index contributed by atoms with van der Waals surface area (Å²) in [5.41, 5.74) is -1.15. The summed E-state index contributed by atoms with van der Waals surface area (Å²) in [6.45, 7) is 2.85. The molecule has 0 aliphatic heterocycles. The average Bonchev–Trinajstić information content (AvgIpc) is 2.33. The number of hydrogen-bond acceptors (Lipinski definition) is 4. The number of nitrogens with one attached hydrogen (secondary N) is 1. The minimum Gasteiger partial charge on any atom is -0.468 e. The van der Waals surface area contributed by atoms with Crippen LogP contribution < -0.4 is 5.32 Å². The van der Waals surface area contributed by atoms with Crippen LogP contribution in [0, 0.1) is 11.6 Å². The third-order valence-electron chi connectivity index (χ3n) is 2.57. The van der Waals surface area contributed by atoms with Gasteiger partial charge in [-0.3, -0.25) is 14.9 Å². The molecule has 0 amide bonds. The van der Waals surface area contributed by atoms with Crippen molar-refractivity contribution in [1.29, 1.82) is 0 Å². The summed E-state index contributed by atoms with van der Waals surface area (Å²) in [6.07, 6.45) is 0.